The van der Waals surface area contributed by atoms with Gasteiger partial charge < -0.3 is 14.7 Å². The number of anilines is 1. The lowest BCUT2D eigenvalue weighted by Crippen LogP contribution is -2.29. The average Bonchev–Trinajstić information content (AvgIpc) is 3.15. The molecular formula is C23H33NO4S. The number of aryl methyl sites for hydroxylation is 1. The molecule has 1 N–H and O–H groups in total. The van der Waals surface area contributed by atoms with Crippen LogP contribution in [-0.4, -0.2) is 29.1 Å². The van der Waals surface area contributed by atoms with Crippen molar-refractivity contribution in [2.45, 2.75) is 85.4 Å². The topological polar surface area (TPSA) is 66.8 Å². The fourth-order valence-corrected chi connectivity index (χ4v) is 5.37. The number of carbonyl (C=O) groups excluding carboxylic acids is 1. The zero-order chi connectivity index (χ0) is 21.6. The van der Waals surface area contributed by atoms with E-state index in [1.165, 1.54) is 11.3 Å². The molecule has 0 radical (unpaired) electrons. The number of thiophene rings is 1. The largest absolute Gasteiger partial charge is 0.479 e. The molecule has 0 aromatic carbocycles. The lowest BCUT2D eigenvalue weighted by molar-refractivity contribution is -0.160. The van der Waals surface area contributed by atoms with E-state index in [0.29, 0.717) is 13.0 Å². The first-order chi connectivity index (χ1) is 13.4. The van der Waals surface area contributed by atoms with E-state index in [-0.39, 0.29) is 11.3 Å². The molecule has 29 heavy (non-hydrogen) atoms. The highest BCUT2D eigenvalue weighted by molar-refractivity contribution is 7.16. The number of nitrogens with zero attached hydrogens (tertiary/aromatic N) is 1. The first-order valence-corrected chi connectivity index (χ1v) is 11.2. The number of carbonyl (C=O) groups is 2. The third-order valence-electron chi connectivity index (χ3n) is 5.68. The van der Waals surface area contributed by atoms with Crippen LogP contribution in [0.3, 0.4) is 0 Å². The lowest BCUT2D eigenvalue weighted by Gasteiger charge is -2.31. The molecule has 0 saturated carbocycles. The van der Waals surface area contributed by atoms with Crippen LogP contribution < -0.4 is 4.90 Å². The van der Waals surface area contributed by atoms with Gasteiger partial charge in [0.15, 0.2) is 6.10 Å². The van der Waals surface area contributed by atoms with E-state index in [2.05, 4.69) is 19.9 Å². The number of rotatable bonds is 5. The Morgan fingerprint density at radius 2 is 2.00 bits per heavy atom. The zero-order valence-corrected chi connectivity index (χ0v) is 19.2. The summed E-state index contributed by atoms with van der Waals surface area (Å²) in [5.41, 5.74) is 2.45. The number of carboxylic acids is 1. The third kappa shape index (κ3) is 4.75. The molecule has 160 valence electrons. The minimum absolute atomic E-state index is 0.124. The number of amides is 1. The summed E-state index contributed by atoms with van der Waals surface area (Å²) in [4.78, 5) is 27.5. The van der Waals surface area contributed by atoms with Crippen LogP contribution in [0.2, 0.25) is 0 Å². The smallest absolute Gasteiger partial charge is 0.337 e. The van der Waals surface area contributed by atoms with E-state index >= 15 is 0 Å². The molecule has 0 spiro atoms. The molecule has 1 aromatic heterocycles. The minimum Gasteiger partial charge on any atom is -0.479 e. The molecule has 1 unspecified atom stereocenters. The highest BCUT2D eigenvalue weighted by atomic mass is 32.1. The Balaban J connectivity index is 2.17. The normalized spacial score (nSPS) is 20.7. The summed E-state index contributed by atoms with van der Waals surface area (Å²) in [7, 11) is 0. The molecule has 1 saturated heterocycles. The van der Waals surface area contributed by atoms with E-state index in [1.54, 1.807) is 0 Å². The first kappa shape index (κ1) is 22.0. The van der Waals surface area contributed by atoms with Gasteiger partial charge in [0.25, 0.3) is 0 Å². The fourth-order valence-electron chi connectivity index (χ4n) is 4.11. The summed E-state index contributed by atoms with van der Waals surface area (Å²) in [6.07, 6.45) is 5.46. The molecule has 2 heterocycles. The summed E-state index contributed by atoms with van der Waals surface area (Å²) < 4.78 is 6.02. The standard InChI is InChI=1S/C23H33NO4S/c1-14-17(19(21(26)27)28-22(2,3)4)18(15-9-11-23(5,6)12-10-15)20(29-14)24-13-7-8-16(24)25/h9,19H,7-8,10-13H2,1-6H3,(H,26,27). The Labute approximate surface area is 177 Å². The van der Waals surface area contributed by atoms with E-state index in [0.717, 1.165) is 52.3 Å². The van der Waals surface area contributed by atoms with Crippen LogP contribution in [-0.2, 0) is 14.3 Å². The summed E-state index contributed by atoms with van der Waals surface area (Å²) >= 11 is 1.53. The van der Waals surface area contributed by atoms with Gasteiger partial charge >= 0.3 is 5.97 Å². The molecule has 1 aromatic rings. The van der Waals surface area contributed by atoms with Crippen molar-refractivity contribution in [1.82, 2.24) is 0 Å². The Kier molecular flexibility index (Phi) is 5.98. The average molecular weight is 420 g/mol. The van der Waals surface area contributed by atoms with Gasteiger partial charge in [-0.1, -0.05) is 19.9 Å². The van der Waals surface area contributed by atoms with Crippen LogP contribution in [0.15, 0.2) is 6.08 Å². The number of allylic oxidation sites excluding steroid dienone is 2. The van der Waals surface area contributed by atoms with E-state index in [4.69, 9.17) is 4.74 Å². The van der Waals surface area contributed by atoms with Gasteiger partial charge in [0.1, 0.15) is 5.00 Å². The molecule has 1 atom stereocenters. The first-order valence-electron chi connectivity index (χ1n) is 10.4. The molecule has 6 heteroatoms. The van der Waals surface area contributed by atoms with Crippen LogP contribution in [0.5, 0.6) is 0 Å². The molecule has 2 aliphatic rings. The number of hydrogen-bond donors (Lipinski definition) is 1. The minimum atomic E-state index is -1.05. The molecule has 3 rings (SSSR count). The number of aliphatic carboxylic acids is 1. The highest BCUT2D eigenvalue weighted by Gasteiger charge is 2.37. The molecule has 1 aliphatic carbocycles. The maximum atomic E-state index is 12.5. The molecule has 0 bridgehead atoms. The van der Waals surface area contributed by atoms with E-state index < -0.39 is 17.7 Å². The fraction of sp³-hybridized carbons (Fsp3) is 0.652. The van der Waals surface area contributed by atoms with Gasteiger partial charge in [0, 0.05) is 29.0 Å². The van der Waals surface area contributed by atoms with Crippen molar-refractivity contribution in [3.05, 3.63) is 22.1 Å². The van der Waals surface area contributed by atoms with E-state index in [1.807, 2.05) is 32.6 Å². The van der Waals surface area contributed by atoms with Gasteiger partial charge in [-0.05, 0) is 64.4 Å². The van der Waals surface area contributed by atoms with Crippen molar-refractivity contribution in [3.8, 4) is 0 Å². The predicted molar refractivity (Wildman–Crippen MR) is 117 cm³/mol. The van der Waals surface area contributed by atoms with Crippen molar-refractivity contribution in [2.24, 2.45) is 5.41 Å². The van der Waals surface area contributed by atoms with Crippen LogP contribution in [0.4, 0.5) is 5.00 Å². The molecule has 1 fully saturated rings. The van der Waals surface area contributed by atoms with Crippen molar-refractivity contribution in [3.63, 3.8) is 0 Å². The summed E-state index contributed by atoms with van der Waals surface area (Å²) in [5.74, 6) is -0.863. The third-order valence-corrected chi connectivity index (χ3v) is 6.83. The van der Waals surface area contributed by atoms with Gasteiger partial charge in [0.05, 0.1) is 5.60 Å². The van der Waals surface area contributed by atoms with Crippen LogP contribution in [0, 0.1) is 12.3 Å². The molecular weight excluding hydrogens is 386 g/mol. The summed E-state index contributed by atoms with van der Waals surface area (Å²) in [6.45, 7) is 12.8. The van der Waals surface area contributed by atoms with Crippen LogP contribution in [0.1, 0.15) is 88.8 Å². The Bertz CT molecular complexity index is 844. The SMILES string of the molecule is Cc1sc(N2CCCC2=O)c(C2=CCC(C)(C)CC2)c1C(OC(C)(C)C)C(=O)O. The molecule has 1 aliphatic heterocycles. The maximum absolute atomic E-state index is 12.5. The number of ether oxygens (including phenoxy) is 1. The quantitative estimate of drug-likeness (QED) is 0.663. The van der Waals surface area contributed by atoms with Gasteiger partial charge in [-0.3, -0.25) is 4.79 Å². The Hall–Kier alpha value is -1.66. The second-order valence-corrected chi connectivity index (χ2v) is 11.2. The second-order valence-electron chi connectivity index (χ2n) is 9.95. The van der Waals surface area contributed by atoms with Crippen LogP contribution in [0.25, 0.3) is 5.57 Å². The van der Waals surface area contributed by atoms with Crippen molar-refractivity contribution >= 4 is 33.8 Å². The molecule has 1 amide bonds. The van der Waals surface area contributed by atoms with Crippen molar-refractivity contribution in [1.29, 1.82) is 0 Å². The predicted octanol–water partition coefficient (Wildman–Crippen LogP) is 5.72. The van der Waals surface area contributed by atoms with Gasteiger partial charge in [-0.25, -0.2) is 4.79 Å². The van der Waals surface area contributed by atoms with E-state index in [9.17, 15) is 14.7 Å². The number of hydrogen-bond acceptors (Lipinski definition) is 4. The summed E-state index contributed by atoms with van der Waals surface area (Å²) in [5, 5.41) is 10.9. The van der Waals surface area contributed by atoms with Gasteiger partial charge in [0.2, 0.25) is 5.91 Å². The van der Waals surface area contributed by atoms with Crippen molar-refractivity contribution in [2.75, 3.05) is 11.4 Å². The highest BCUT2D eigenvalue weighted by Crippen LogP contribution is 2.49. The van der Waals surface area contributed by atoms with Gasteiger partial charge in [-0.15, -0.1) is 11.3 Å². The summed E-state index contributed by atoms with van der Waals surface area (Å²) in [6, 6.07) is 0. The zero-order valence-electron chi connectivity index (χ0n) is 18.4. The maximum Gasteiger partial charge on any atom is 0.337 e. The number of carboxylic acid groups (broad SMARTS) is 1. The second kappa shape index (κ2) is 7.88. The van der Waals surface area contributed by atoms with Gasteiger partial charge in [-0.2, -0.15) is 0 Å². The van der Waals surface area contributed by atoms with Crippen LogP contribution >= 0.6 is 11.3 Å². The Morgan fingerprint density at radius 3 is 2.48 bits per heavy atom. The molecule has 5 nitrogen and oxygen atoms in total. The monoisotopic (exact) mass is 419 g/mol. The van der Waals surface area contributed by atoms with Crippen molar-refractivity contribution < 1.29 is 19.4 Å². The lowest BCUT2D eigenvalue weighted by atomic mass is 9.76. The Morgan fingerprint density at radius 1 is 1.31 bits per heavy atom.